The van der Waals surface area contributed by atoms with Crippen LogP contribution in [0.15, 0.2) is 83.7 Å². The Labute approximate surface area is 308 Å². The monoisotopic (exact) mass is 718 g/mol. The van der Waals surface area contributed by atoms with Crippen LogP contribution in [0.25, 0.3) is 22.1 Å². The molecular formula is C42H51N6O3P. The van der Waals surface area contributed by atoms with Gasteiger partial charge in [0.05, 0.1) is 41.6 Å². The first-order chi connectivity index (χ1) is 25.3. The van der Waals surface area contributed by atoms with Crippen molar-refractivity contribution in [1.29, 1.82) is 0 Å². The van der Waals surface area contributed by atoms with Crippen molar-refractivity contribution in [3.63, 3.8) is 0 Å². The summed E-state index contributed by atoms with van der Waals surface area (Å²) in [5, 5.41) is 1.52. The highest BCUT2D eigenvalue weighted by molar-refractivity contribution is 7.42. The summed E-state index contributed by atoms with van der Waals surface area (Å²) >= 11 is 0. The van der Waals surface area contributed by atoms with E-state index in [9.17, 15) is 14.4 Å². The molecule has 3 aliphatic rings. The van der Waals surface area contributed by atoms with Crippen LogP contribution >= 0.6 is 8.58 Å². The lowest BCUT2D eigenvalue weighted by Gasteiger charge is -2.22. The predicted octanol–water partition coefficient (Wildman–Crippen LogP) is 8.61. The maximum absolute atomic E-state index is 13.5. The number of fused-ring (bicyclic) bond motifs is 2. The van der Waals surface area contributed by atoms with Gasteiger partial charge < -0.3 is 19.8 Å². The van der Waals surface area contributed by atoms with Crippen LogP contribution in [0.2, 0.25) is 0 Å². The van der Waals surface area contributed by atoms with Gasteiger partial charge in [-0.15, -0.1) is 0 Å². The van der Waals surface area contributed by atoms with Crippen LogP contribution in [-0.4, -0.2) is 67.6 Å². The number of carbonyl (C=O) groups excluding carboxylic acids is 3. The minimum Gasteiger partial charge on any atom is -0.340 e. The highest BCUT2D eigenvalue weighted by Crippen LogP contribution is 2.40. The number of aromatic nitrogens is 4. The van der Waals surface area contributed by atoms with Gasteiger partial charge in [-0.25, -0.2) is 9.97 Å². The lowest BCUT2D eigenvalue weighted by atomic mass is 10.0. The molecule has 2 amide bonds. The summed E-state index contributed by atoms with van der Waals surface area (Å²) in [6.45, 7) is 8.70. The first-order valence-corrected chi connectivity index (χ1v) is 20.2. The number of rotatable bonds is 15. The molecule has 3 atom stereocenters. The number of aromatic amines is 2. The molecule has 1 saturated carbocycles. The molecule has 0 spiro atoms. The maximum atomic E-state index is 13.5. The quantitative estimate of drug-likeness (QED) is 0.0726. The first kappa shape index (κ1) is 37.1. The van der Waals surface area contributed by atoms with Gasteiger partial charge in [0.1, 0.15) is 11.6 Å². The molecule has 10 heteroatoms. The highest BCUT2D eigenvalue weighted by Gasteiger charge is 2.33. The summed E-state index contributed by atoms with van der Waals surface area (Å²) in [6.07, 6.45) is 22.1. The van der Waals surface area contributed by atoms with Crippen LogP contribution in [0, 0.1) is 11.8 Å². The van der Waals surface area contributed by atoms with Gasteiger partial charge in [-0.2, -0.15) is 0 Å². The molecule has 3 unspecified atom stereocenters. The third-order valence-corrected chi connectivity index (χ3v) is 11.0. The number of nitrogens with one attached hydrogen (secondary N) is 2. The van der Waals surface area contributed by atoms with Crippen molar-refractivity contribution < 1.29 is 14.4 Å². The molecule has 0 saturated heterocycles. The molecule has 0 radical (unpaired) electrons. The topological polar surface area (TPSA) is 115 Å². The molecular weight excluding hydrogens is 667 g/mol. The molecule has 4 aromatic rings. The molecule has 2 aromatic carbocycles. The summed E-state index contributed by atoms with van der Waals surface area (Å²) in [5.41, 5.74) is 5.21. The lowest BCUT2D eigenvalue weighted by molar-refractivity contribution is -0.131. The van der Waals surface area contributed by atoms with E-state index in [0.717, 1.165) is 80.8 Å². The minimum atomic E-state index is -0.106. The average molecular weight is 719 g/mol. The molecule has 0 bridgehead atoms. The van der Waals surface area contributed by atoms with Crippen molar-refractivity contribution in [2.75, 3.05) is 19.8 Å². The van der Waals surface area contributed by atoms with Gasteiger partial charge in [0.15, 0.2) is 5.78 Å². The van der Waals surface area contributed by atoms with E-state index in [-0.39, 0.29) is 11.7 Å². The Bertz CT molecular complexity index is 2020. The molecule has 2 heterocycles. The van der Waals surface area contributed by atoms with Crippen LogP contribution in [-0.2, 0) is 22.7 Å². The van der Waals surface area contributed by atoms with E-state index in [0.29, 0.717) is 54.7 Å². The third kappa shape index (κ3) is 9.82. The molecule has 2 N–H and O–H groups in total. The van der Waals surface area contributed by atoms with Crippen LogP contribution < -0.4 is 0 Å². The number of carbonyl (C=O) groups is 3. The molecule has 7 rings (SSSR count). The minimum absolute atomic E-state index is 0.106. The van der Waals surface area contributed by atoms with E-state index in [4.69, 9.17) is 4.98 Å². The molecule has 272 valence electrons. The van der Waals surface area contributed by atoms with E-state index in [1.807, 2.05) is 36.1 Å². The van der Waals surface area contributed by atoms with Gasteiger partial charge >= 0.3 is 0 Å². The third-order valence-electron chi connectivity index (χ3n) is 10.0. The lowest BCUT2D eigenvalue weighted by Crippen LogP contribution is -2.32. The number of hydrogen-bond acceptors (Lipinski definition) is 5. The van der Waals surface area contributed by atoms with Crippen LogP contribution in [0.3, 0.4) is 0 Å². The SMILES string of the molecule is CCCN(C=O)Cc1nc2ccc(C(=O)c3ccc4nc(CN(CCC5CC5C)C(=O)CC5=CCCC=C5)[nH]c4c3)cc2[nH]1.CPC1=CCCC=C1. The number of nitrogens with zero attached hydrogens (tertiary/aromatic N) is 4. The fourth-order valence-corrected chi connectivity index (χ4v) is 7.49. The Morgan fingerprint density at radius 1 is 0.885 bits per heavy atom. The Morgan fingerprint density at radius 2 is 1.52 bits per heavy atom. The molecule has 2 aromatic heterocycles. The van der Waals surface area contributed by atoms with Gasteiger partial charge in [-0.1, -0.05) is 58.9 Å². The zero-order valence-corrected chi connectivity index (χ0v) is 31.7. The summed E-state index contributed by atoms with van der Waals surface area (Å²) < 4.78 is 0. The fraction of sp³-hybridized carbons (Fsp3) is 0.405. The molecule has 0 aliphatic heterocycles. The standard InChI is InChI=1S/C35H40N6O3.C7H11P/c1-3-14-40(22-42)20-32-36-28-11-9-26(18-30(28)38-32)35(44)27-10-12-29-31(19-27)39-33(37-29)21-41(15-13-25-16-23(25)2)34(43)17-24-7-5-4-6-8-24;1-8-7-5-3-2-4-6-7/h5,7-12,18-19,22-23,25H,3-4,6,13-17,20-21H2,1-2H3,(H,36,38)(H,37,39);3,5-6,8H,2,4H2,1H3. The summed E-state index contributed by atoms with van der Waals surface area (Å²) in [7, 11) is 0.981. The van der Waals surface area contributed by atoms with Crippen LogP contribution in [0.5, 0.6) is 0 Å². The average Bonchev–Trinajstić information content (AvgIpc) is 3.51. The second-order valence-electron chi connectivity index (χ2n) is 14.1. The van der Waals surface area contributed by atoms with E-state index >= 15 is 0 Å². The summed E-state index contributed by atoms with van der Waals surface area (Å²) in [4.78, 5) is 57.8. The number of allylic oxidation sites excluding steroid dienone is 7. The Balaban J connectivity index is 0.000000514. The second-order valence-corrected chi connectivity index (χ2v) is 15.2. The van der Waals surface area contributed by atoms with E-state index < -0.39 is 0 Å². The normalized spacial score (nSPS) is 17.9. The number of hydrogen-bond donors (Lipinski definition) is 2. The number of amides is 2. The van der Waals surface area contributed by atoms with Crippen molar-refractivity contribution in [2.45, 2.75) is 78.3 Å². The second kappa shape index (κ2) is 17.7. The molecule has 9 nitrogen and oxygen atoms in total. The predicted molar refractivity (Wildman–Crippen MR) is 211 cm³/mol. The van der Waals surface area contributed by atoms with E-state index in [1.165, 1.54) is 24.6 Å². The van der Waals surface area contributed by atoms with Crippen molar-refractivity contribution in [1.82, 2.24) is 29.7 Å². The van der Waals surface area contributed by atoms with Crippen LogP contribution in [0.1, 0.15) is 92.8 Å². The van der Waals surface area contributed by atoms with Gasteiger partial charge in [0.2, 0.25) is 12.3 Å². The highest BCUT2D eigenvalue weighted by atomic mass is 31.1. The Morgan fingerprint density at radius 3 is 2.04 bits per heavy atom. The van der Waals surface area contributed by atoms with Crippen molar-refractivity contribution in [3.05, 3.63) is 107 Å². The Hall–Kier alpha value is -4.62. The van der Waals surface area contributed by atoms with Crippen molar-refractivity contribution in [3.8, 4) is 0 Å². The van der Waals surface area contributed by atoms with Gasteiger partial charge in [0.25, 0.3) is 0 Å². The maximum Gasteiger partial charge on any atom is 0.227 e. The smallest absolute Gasteiger partial charge is 0.227 e. The first-order valence-electron chi connectivity index (χ1n) is 18.7. The zero-order valence-electron chi connectivity index (χ0n) is 30.7. The molecule has 1 fully saturated rings. The van der Waals surface area contributed by atoms with Crippen molar-refractivity contribution >= 4 is 48.7 Å². The largest absolute Gasteiger partial charge is 0.340 e. The fourth-order valence-electron chi connectivity index (χ4n) is 6.85. The number of imidazole rings is 2. The van der Waals surface area contributed by atoms with Crippen LogP contribution in [0.4, 0.5) is 0 Å². The molecule has 3 aliphatic carbocycles. The zero-order chi connectivity index (χ0) is 36.5. The Kier molecular flexibility index (Phi) is 12.7. The number of ketones is 1. The summed E-state index contributed by atoms with van der Waals surface area (Å²) in [5.74, 6) is 2.85. The van der Waals surface area contributed by atoms with Gasteiger partial charge in [-0.05, 0) is 111 Å². The van der Waals surface area contributed by atoms with Gasteiger partial charge in [-0.3, -0.25) is 14.4 Å². The number of H-pyrrole nitrogens is 2. The van der Waals surface area contributed by atoms with Gasteiger partial charge in [0, 0.05) is 24.2 Å². The van der Waals surface area contributed by atoms with Crippen molar-refractivity contribution in [2.24, 2.45) is 11.8 Å². The molecule has 52 heavy (non-hydrogen) atoms. The van der Waals surface area contributed by atoms with E-state index in [2.05, 4.69) is 65.0 Å². The van der Waals surface area contributed by atoms with E-state index in [1.54, 1.807) is 17.0 Å². The summed E-state index contributed by atoms with van der Waals surface area (Å²) in [6, 6.07) is 10.9. The number of benzene rings is 2.